The summed E-state index contributed by atoms with van der Waals surface area (Å²) in [6.45, 7) is 4.13. The lowest BCUT2D eigenvalue weighted by Gasteiger charge is -2.13. The van der Waals surface area contributed by atoms with Crippen LogP contribution in [0.15, 0.2) is 59.4 Å². The van der Waals surface area contributed by atoms with Crippen LogP contribution in [0.4, 0.5) is 10.2 Å². The molecule has 0 aliphatic carbocycles. The van der Waals surface area contributed by atoms with Crippen LogP contribution in [-0.2, 0) is 13.2 Å². The molecule has 170 valence electrons. The van der Waals surface area contributed by atoms with Gasteiger partial charge in [0, 0.05) is 12.3 Å². The van der Waals surface area contributed by atoms with Gasteiger partial charge >= 0.3 is 0 Å². The molecule has 0 aliphatic rings. The van der Waals surface area contributed by atoms with Crippen molar-refractivity contribution in [3.8, 4) is 16.9 Å². The molecule has 0 unspecified atom stereocenters. The first-order valence-corrected chi connectivity index (χ1v) is 10.5. The number of aryl methyl sites for hydroxylation is 2. The van der Waals surface area contributed by atoms with Gasteiger partial charge in [-0.15, -0.1) is 0 Å². The quantitative estimate of drug-likeness (QED) is 0.380. The maximum Gasteiger partial charge on any atom is 0.223 e. The van der Waals surface area contributed by atoms with Crippen LogP contribution in [0.1, 0.15) is 23.1 Å². The van der Waals surface area contributed by atoms with Crippen LogP contribution in [0, 0.1) is 19.7 Å². The molecule has 0 atom stereocenters. The van der Waals surface area contributed by atoms with Crippen molar-refractivity contribution in [1.29, 1.82) is 0 Å². The lowest BCUT2D eigenvalue weighted by molar-refractivity contribution is 0.288. The number of rotatable bonds is 7. The van der Waals surface area contributed by atoms with Gasteiger partial charge in [0.15, 0.2) is 6.61 Å². The number of fused-ring (bicyclic) bond motifs is 1. The normalized spacial score (nSPS) is 11.0. The minimum Gasteiger partial charge on any atom is -0.483 e. The molecule has 10 heteroatoms. The summed E-state index contributed by atoms with van der Waals surface area (Å²) in [5.41, 5.74) is 3.87. The summed E-state index contributed by atoms with van der Waals surface area (Å²) in [5.74, 6) is 1.69. The molecule has 0 aliphatic heterocycles. The average molecular weight is 457 g/mol. The molecule has 2 aromatic carbocycles. The molecule has 0 saturated heterocycles. The number of halogens is 1. The molecule has 0 fully saturated rings. The molecule has 9 nitrogen and oxygen atoms in total. The first-order valence-electron chi connectivity index (χ1n) is 10.5. The van der Waals surface area contributed by atoms with Crippen molar-refractivity contribution in [3.05, 3.63) is 83.8 Å². The highest BCUT2D eigenvalue weighted by Gasteiger charge is 2.14. The van der Waals surface area contributed by atoms with Gasteiger partial charge in [-0.3, -0.25) is 0 Å². The molecule has 0 bridgehead atoms. The van der Waals surface area contributed by atoms with E-state index in [0.29, 0.717) is 35.3 Å². The van der Waals surface area contributed by atoms with Crippen molar-refractivity contribution in [1.82, 2.24) is 30.3 Å². The van der Waals surface area contributed by atoms with Gasteiger partial charge in [-0.25, -0.2) is 14.4 Å². The third-order valence-electron chi connectivity index (χ3n) is 5.10. The lowest BCUT2D eigenvalue weighted by atomic mass is 10.0. The van der Waals surface area contributed by atoms with Crippen LogP contribution in [0.3, 0.4) is 0 Å². The Bertz CT molecular complexity index is 1440. The number of benzene rings is 2. The SMILES string of the molecule is Cc1ccc(CNc2ncnc3c(OCc4noc(C)n4)cc(-c4ccc(F)cc4)cc23)nn1. The largest absolute Gasteiger partial charge is 0.483 e. The van der Waals surface area contributed by atoms with Gasteiger partial charge in [-0.2, -0.15) is 15.2 Å². The predicted molar refractivity (Wildman–Crippen MR) is 122 cm³/mol. The van der Waals surface area contributed by atoms with Crippen LogP contribution >= 0.6 is 0 Å². The van der Waals surface area contributed by atoms with Crippen molar-refractivity contribution < 1.29 is 13.7 Å². The molecule has 3 aromatic heterocycles. The Morgan fingerprint density at radius 2 is 1.82 bits per heavy atom. The van der Waals surface area contributed by atoms with Gasteiger partial charge in [-0.05, 0) is 54.4 Å². The second kappa shape index (κ2) is 9.18. The van der Waals surface area contributed by atoms with Crippen molar-refractivity contribution in [3.63, 3.8) is 0 Å². The fourth-order valence-electron chi connectivity index (χ4n) is 3.43. The van der Waals surface area contributed by atoms with Crippen molar-refractivity contribution >= 4 is 16.7 Å². The van der Waals surface area contributed by atoms with Gasteiger partial charge < -0.3 is 14.6 Å². The fourth-order valence-corrected chi connectivity index (χ4v) is 3.43. The van der Waals surface area contributed by atoms with Gasteiger partial charge in [0.05, 0.1) is 17.9 Å². The minimum absolute atomic E-state index is 0.102. The van der Waals surface area contributed by atoms with E-state index in [0.717, 1.165) is 27.9 Å². The highest BCUT2D eigenvalue weighted by Crippen LogP contribution is 2.34. The summed E-state index contributed by atoms with van der Waals surface area (Å²) >= 11 is 0. The summed E-state index contributed by atoms with van der Waals surface area (Å²) in [6, 6.07) is 13.9. The summed E-state index contributed by atoms with van der Waals surface area (Å²) in [7, 11) is 0. The molecule has 3 heterocycles. The van der Waals surface area contributed by atoms with Crippen LogP contribution in [0.5, 0.6) is 5.75 Å². The molecule has 1 N–H and O–H groups in total. The summed E-state index contributed by atoms with van der Waals surface area (Å²) in [4.78, 5) is 13.1. The van der Waals surface area contributed by atoms with Crippen molar-refractivity contribution in [2.24, 2.45) is 0 Å². The van der Waals surface area contributed by atoms with E-state index in [1.54, 1.807) is 19.1 Å². The third-order valence-corrected chi connectivity index (χ3v) is 5.10. The smallest absolute Gasteiger partial charge is 0.223 e. The molecule has 0 spiro atoms. The number of nitrogens with one attached hydrogen (secondary N) is 1. The molecule has 5 rings (SSSR count). The molecule has 0 radical (unpaired) electrons. The van der Waals surface area contributed by atoms with E-state index in [1.165, 1.54) is 18.5 Å². The van der Waals surface area contributed by atoms with E-state index in [9.17, 15) is 4.39 Å². The Labute approximate surface area is 194 Å². The molecular formula is C24H20FN7O2. The van der Waals surface area contributed by atoms with E-state index in [4.69, 9.17) is 9.26 Å². The van der Waals surface area contributed by atoms with Gasteiger partial charge in [0.2, 0.25) is 11.7 Å². The molecule has 0 saturated carbocycles. The first kappa shape index (κ1) is 21.4. The Hall–Kier alpha value is -4.47. The zero-order valence-corrected chi connectivity index (χ0v) is 18.5. The number of hydrogen-bond acceptors (Lipinski definition) is 9. The fraction of sp³-hybridized carbons (Fsp3) is 0.167. The number of hydrogen-bond donors (Lipinski definition) is 1. The van der Waals surface area contributed by atoms with Gasteiger partial charge in [0.25, 0.3) is 0 Å². The molecule has 34 heavy (non-hydrogen) atoms. The number of ether oxygens (including phenoxy) is 1. The zero-order chi connectivity index (χ0) is 23.5. The van der Waals surface area contributed by atoms with Gasteiger partial charge in [-0.1, -0.05) is 17.3 Å². The lowest BCUT2D eigenvalue weighted by Crippen LogP contribution is -2.06. The van der Waals surface area contributed by atoms with Gasteiger partial charge in [0.1, 0.15) is 29.2 Å². The van der Waals surface area contributed by atoms with Crippen LogP contribution in [-0.4, -0.2) is 30.3 Å². The van der Waals surface area contributed by atoms with E-state index in [-0.39, 0.29) is 12.4 Å². The molecular weight excluding hydrogens is 437 g/mol. The number of anilines is 1. The monoisotopic (exact) mass is 457 g/mol. The highest BCUT2D eigenvalue weighted by molar-refractivity contribution is 5.96. The summed E-state index contributed by atoms with van der Waals surface area (Å²) in [6.07, 6.45) is 1.47. The van der Waals surface area contributed by atoms with E-state index >= 15 is 0 Å². The van der Waals surface area contributed by atoms with Crippen LogP contribution in [0.25, 0.3) is 22.0 Å². The Kier molecular flexibility index (Phi) is 5.77. The summed E-state index contributed by atoms with van der Waals surface area (Å²) < 4.78 is 24.6. The Morgan fingerprint density at radius 1 is 0.971 bits per heavy atom. The van der Waals surface area contributed by atoms with Crippen LogP contribution in [0.2, 0.25) is 0 Å². The zero-order valence-electron chi connectivity index (χ0n) is 18.5. The maximum atomic E-state index is 13.5. The Morgan fingerprint density at radius 3 is 2.56 bits per heavy atom. The van der Waals surface area contributed by atoms with Crippen molar-refractivity contribution in [2.75, 3.05) is 5.32 Å². The molecule has 5 aromatic rings. The van der Waals surface area contributed by atoms with E-state index in [1.807, 2.05) is 31.2 Å². The average Bonchev–Trinajstić information content (AvgIpc) is 3.27. The summed E-state index contributed by atoms with van der Waals surface area (Å²) in [5, 5.41) is 16.2. The van der Waals surface area contributed by atoms with Crippen molar-refractivity contribution in [2.45, 2.75) is 27.0 Å². The third kappa shape index (κ3) is 4.65. The topological polar surface area (TPSA) is 112 Å². The highest BCUT2D eigenvalue weighted by atomic mass is 19.1. The predicted octanol–water partition coefficient (Wildman–Crippen LogP) is 4.42. The maximum absolute atomic E-state index is 13.5. The first-order chi connectivity index (χ1) is 16.5. The Balaban J connectivity index is 1.53. The standard InChI is InChI=1S/C24H20FN7O2/c1-14-3-8-19(31-30-14)11-26-24-20-9-17(16-4-6-18(25)7-5-16)10-21(23(20)27-13-28-24)33-12-22-29-15(2)34-32-22/h3-10,13H,11-12H2,1-2H3,(H,26,27,28). The molecule has 0 amide bonds. The number of nitrogens with zero attached hydrogens (tertiary/aromatic N) is 6. The second-order valence-corrected chi connectivity index (χ2v) is 7.64. The van der Waals surface area contributed by atoms with E-state index in [2.05, 4.69) is 35.6 Å². The van der Waals surface area contributed by atoms with Crippen LogP contribution < -0.4 is 10.1 Å². The number of aromatic nitrogens is 6. The van der Waals surface area contributed by atoms with E-state index < -0.39 is 0 Å². The second-order valence-electron chi connectivity index (χ2n) is 7.64. The minimum atomic E-state index is -0.307.